The fourth-order valence-corrected chi connectivity index (χ4v) is 3.50. The molecule has 2 aromatic rings. The van der Waals surface area contributed by atoms with Crippen LogP contribution < -0.4 is 16.4 Å². The SMILES string of the molecule is CN=C(NCCCc1nn(-c2ccc(C)cc2)c(N)c1C#N)NCCN1CCOCC1. The number of nitrogens with two attached hydrogens (primary N) is 1. The van der Waals surface area contributed by atoms with Gasteiger partial charge in [-0.3, -0.25) is 9.89 Å². The smallest absolute Gasteiger partial charge is 0.191 e. The van der Waals surface area contributed by atoms with E-state index in [-0.39, 0.29) is 0 Å². The van der Waals surface area contributed by atoms with Crippen LogP contribution in [0.2, 0.25) is 0 Å². The lowest BCUT2D eigenvalue weighted by Gasteiger charge is -2.26. The van der Waals surface area contributed by atoms with Gasteiger partial charge in [-0.25, -0.2) is 4.68 Å². The summed E-state index contributed by atoms with van der Waals surface area (Å²) in [5, 5.41) is 20.8. The highest BCUT2D eigenvalue weighted by atomic mass is 16.5. The summed E-state index contributed by atoms with van der Waals surface area (Å²) in [7, 11) is 1.77. The van der Waals surface area contributed by atoms with E-state index < -0.39 is 0 Å². The van der Waals surface area contributed by atoms with Gasteiger partial charge in [0, 0.05) is 39.8 Å². The second kappa shape index (κ2) is 11.3. The van der Waals surface area contributed by atoms with Gasteiger partial charge < -0.3 is 21.1 Å². The molecule has 1 aromatic heterocycles. The number of aromatic nitrogens is 2. The number of hydrogen-bond acceptors (Lipinski definition) is 6. The molecule has 0 amide bonds. The second-order valence-corrected chi connectivity index (χ2v) is 7.55. The zero-order valence-electron chi connectivity index (χ0n) is 18.4. The number of aryl methyl sites for hydroxylation is 2. The van der Waals surface area contributed by atoms with Gasteiger partial charge in [0.25, 0.3) is 0 Å². The van der Waals surface area contributed by atoms with Crippen molar-refractivity contribution in [1.82, 2.24) is 25.3 Å². The third kappa shape index (κ3) is 6.20. The number of morpholine rings is 1. The molecule has 9 heteroatoms. The lowest BCUT2D eigenvalue weighted by molar-refractivity contribution is 0.0389. The number of ether oxygens (including phenoxy) is 1. The van der Waals surface area contributed by atoms with E-state index in [9.17, 15) is 5.26 Å². The average molecular weight is 425 g/mol. The molecular weight excluding hydrogens is 392 g/mol. The lowest BCUT2D eigenvalue weighted by Crippen LogP contribution is -2.44. The van der Waals surface area contributed by atoms with Crippen molar-refractivity contribution >= 4 is 11.8 Å². The van der Waals surface area contributed by atoms with Crippen LogP contribution in [0, 0.1) is 18.3 Å². The van der Waals surface area contributed by atoms with Crippen LogP contribution in [-0.2, 0) is 11.2 Å². The fourth-order valence-electron chi connectivity index (χ4n) is 3.50. The first-order valence-corrected chi connectivity index (χ1v) is 10.7. The Morgan fingerprint density at radius 2 is 1.94 bits per heavy atom. The van der Waals surface area contributed by atoms with Crippen LogP contribution in [0.3, 0.4) is 0 Å². The number of anilines is 1. The number of nitrogens with one attached hydrogen (secondary N) is 2. The number of hydrogen-bond donors (Lipinski definition) is 3. The van der Waals surface area contributed by atoms with Gasteiger partial charge >= 0.3 is 0 Å². The molecule has 3 rings (SSSR count). The van der Waals surface area contributed by atoms with Crippen molar-refractivity contribution in [3.8, 4) is 11.8 Å². The summed E-state index contributed by atoms with van der Waals surface area (Å²) >= 11 is 0. The third-order valence-corrected chi connectivity index (χ3v) is 5.31. The summed E-state index contributed by atoms with van der Waals surface area (Å²) in [6, 6.07) is 10.1. The molecule has 1 fully saturated rings. The molecule has 1 aliphatic rings. The Bertz CT molecular complexity index is 907. The summed E-state index contributed by atoms with van der Waals surface area (Å²) in [4.78, 5) is 6.65. The highest BCUT2D eigenvalue weighted by Crippen LogP contribution is 2.21. The molecule has 166 valence electrons. The van der Waals surface area contributed by atoms with Gasteiger partial charge in [-0.2, -0.15) is 10.4 Å². The van der Waals surface area contributed by atoms with Gasteiger partial charge in [0.05, 0.1) is 24.6 Å². The van der Waals surface area contributed by atoms with Crippen molar-refractivity contribution in [2.24, 2.45) is 4.99 Å². The molecule has 0 spiro atoms. The van der Waals surface area contributed by atoms with Gasteiger partial charge in [-0.15, -0.1) is 0 Å². The van der Waals surface area contributed by atoms with Crippen LogP contribution in [-0.4, -0.2) is 73.6 Å². The van der Waals surface area contributed by atoms with Crippen LogP contribution in [0.25, 0.3) is 5.69 Å². The number of benzene rings is 1. The minimum atomic E-state index is 0.384. The molecule has 1 aromatic carbocycles. The van der Waals surface area contributed by atoms with Crippen LogP contribution in [0.4, 0.5) is 5.82 Å². The maximum atomic E-state index is 9.55. The molecule has 0 atom stereocenters. The number of aliphatic imine (C=N–C) groups is 1. The van der Waals surface area contributed by atoms with E-state index in [1.54, 1.807) is 11.7 Å². The van der Waals surface area contributed by atoms with E-state index in [4.69, 9.17) is 10.5 Å². The highest BCUT2D eigenvalue weighted by Gasteiger charge is 2.16. The molecule has 2 heterocycles. The van der Waals surface area contributed by atoms with Crippen molar-refractivity contribution in [1.29, 1.82) is 5.26 Å². The Morgan fingerprint density at radius 3 is 2.61 bits per heavy atom. The molecular formula is C22H32N8O. The molecule has 1 aliphatic heterocycles. The largest absolute Gasteiger partial charge is 0.382 e. The monoisotopic (exact) mass is 424 g/mol. The second-order valence-electron chi connectivity index (χ2n) is 7.55. The highest BCUT2D eigenvalue weighted by molar-refractivity contribution is 5.79. The summed E-state index contributed by atoms with van der Waals surface area (Å²) in [6.07, 6.45) is 1.47. The Kier molecular flexibility index (Phi) is 8.27. The average Bonchev–Trinajstić information content (AvgIpc) is 3.11. The molecule has 0 unspecified atom stereocenters. The van der Waals surface area contributed by atoms with Crippen LogP contribution in [0.15, 0.2) is 29.3 Å². The number of guanidine groups is 1. The van der Waals surface area contributed by atoms with Crippen molar-refractivity contribution in [3.05, 3.63) is 41.1 Å². The van der Waals surface area contributed by atoms with Crippen LogP contribution in [0.5, 0.6) is 0 Å². The molecule has 1 saturated heterocycles. The fraction of sp³-hybridized carbons (Fsp3) is 0.500. The first-order valence-electron chi connectivity index (χ1n) is 10.7. The normalized spacial score (nSPS) is 14.9. The van der Waals surface area contributed by atoms with Crippen molar-refractivity contribution in [2.45, 2.75) is 19.8 Å². The van der Waals surface area contributed by atoms with Crippen molar-refractivity contribution in [3.63, 3.8) is 0 Å². The Balaban J connectivity index is 1.47. The minimum Gasteiger partial charge on any atom is -0.382 e. The Labute approximate surface area is 183 Å². The third-order valence-electron chi connectivity index (χ3n) is 5.31. The van der Waals surface area contributed by atoms with E-state index in [1.165, 1.54) is 0 Å². The lowest BCUT2D eigenvalue weighted by atomic mass is 10.1. The summed E-state index contributed by atoms with van der Waals surface area (Å²) in [6.45, 7) is 8.12. The number of nitriles is 1. The van der Waals surface area contributed by atoms with E-state index in [1.807, 2.05) is 31.2 Å². The molecule has 0 radical (unpaired) electrons. The Morgan fingerprint density at radius 1 is 1.23 bits per heavy atom. The Hall–Kier alpha value is -3.09. The first kappa shape index (κ1) is 22.6. The van der Waals surface area contributed by atoms with E-state index in [2.05, 4.69) is 31.7 Å². The topological polar surface area (TPSA) is 117 Å². The maximum Gasteiger partial charge on any atom is 0.191 e. The number of nitrogen functional groups attached to an aromatic ring is 1. The molecule has 9 nitrogen and oxygen atoms in total. The van der Waals surface area contributed by atoms with Gasteiger partial charge in [0.1, 0.15) is 17.5 Å². The minimum absolute atomic E-state index is 0.384. The first-order chi connectivity index (χ1) is 15.1. The maximum absolute atomic E-state index is 9.55. The van der Waals surface area contributed by atoms with Gasteiger partial charge in [0.2, 0.25) is 0 Å². The molecule has 4 N–H and O–H groups in total. The predicted octanol–water partition coefficient (Wildman–Crippen LogP) is 1.06. The number of nitrogens with zero attached hydrogens (tertiary/aromatic N) is 5. The van der Waals surface area contributed by atoms with Gasteiger partial charge in [-0.05, 0) is 31.9 Å². The van der Waals surface area contributed by atoms with E-state index >= 15 is 0 Å². The van der Waals surface area contributed by atoms with Crippen LogP contribution in [0.1, 0.15) is 23.2 Å². The van der Waals surface area contributed by atoms with E-state index in [0.29, 0.717) is 17.8 Å². The molecule has 0 aliphatic carbocycles. The predicted molar refractivity (Wildman–Crippen MR) is 122 cm³/mol. The summed E-state index contributed by atoms with van der Waals surface area (Å²) < 4.78 is 7.02. The van der Waals surface area contributed by atoms with E-state index in [0.717, 1.165) is 75.3 Å². The molecule has 0 saturated carbocycles. The van der Waals surface area contributed by atoms with Crippen LogP contribution >= 0.6 is 0 Å². The zero-order valence-corrected chi connectivity index (χ0v) is 18.4. The van der Waals surface area contributed by atoms with Gasteiger partial charge in [0.15, 0.2) is 5.96 Å². The van der Waals surface area contributed by atoms with Crippen molar-refractivity contribution < 1.29 is 4.74 Å². The quantitative estimate of drug-likeness (QED) is 0.330. The van der Waals surface area contributed by atoms with Crippen molar-refractivity contribution in [2.75, 3.05) is 58.7 Å². The standard InChI is InChI=1S/C22H32N8O/c1-17-5-7-18(8-6-17)30-21(24)19(16-23)20(28-30)4-3-9-26-22(25-2)27-10-11-29-12-14-31-15-13-29/h5-8H,3-4,9-15,24H2,1-2H3,(H2,25,26,27). The summed E-state index contributed by atoms with van der Waals surface area (Å²) in [5.41, 5.74) is 9.38. The number of rotatable bonds is 8. The summed E-state index contributed by atoms with van der Waals surface area (Å²) in [5.74, 6) is 1.16. The zero-order chi connectivity index (χ0) is 22.1. The molecule has 0 bridgehead atoms. The molecule has 31 heavy (non-hydrogen) atoms. The van der Waals surface area contributed by atoms with Gasteiger partial charge in [-0.1, -0.05) is 17.7 Å².